The van der Waals surface area contributed by atoms with Crippen LogP contribution in [0.15, 0.2) is 36.5 Å². The van der Waals surface area contributed by atoms with Gasteiger partial charge in [0.25, 0.3) is 0 Å². The lowest BCUT2D eigenvalue weighted by molar-refractivity contribution is 0.631. The molecule has 2 rings (SSSR count). The van der Waals surface area contributed by atoms with Gasteiger partial charge in [-0.2, -0.15) is 0 Å². The van der Waals surface area contributed by atoms with Crippen molar-refractivity contribution in [3.05, 3.63) is 53.1 Å². The smallest absolute Gasteiger partial charge is 0.131 e. The van der Waals surface area contributed by atoms with Crippen LogP contribution in [0.3, 0.4) is 0 Å². The summed E-state index contributed by atoms with van der Waals surface area (Å²) in [7, 11) is 0. The number of pyridine rings is 1. The Morgan fingerprint density at radius 3 is 2.62 bits per heavy atom. The minimum absolute atomic E-state index is 0.246. The molecule has 0 amide bonds. The fraction of sp³-hybridized carbons (Fsp3) is 0.0833. The van der Waals surface area contributed by atoms with Gasteiger partial charge in [0, 0.05) is 17.3 Å². The van der Waals surface area contributed by atoms with E-state index in [2.05, 4.69) is 4.98 Å². The van der Waals surface area contributed by atoms with Crippen molar-refractivity contribution in [3.8, 4) is 11.1 Å². The number of halogens is 3. The molecule has 1 aromatic heterocycles. The minimum Gasteiger partial charge on any atom is -0.258 e. The Bertz CT molecular complexity index is 514. The number of aromatic nitrogens is 1. The molecule has 0 fully saturated rings. The monoisotopic (exact) mass is 255 g/mol. The quantitative estimate of drug-likeness (QED) is 0.731. The SMILES string of the molecule is Fc1ccccc1-c1cnc(CCl)c(Cl)c1. The third-order valence-electron chi connectivity index (χ3n) is 2.23. The summed E-state index contributed by atoms with van der Waals surface area (Å²) in [6, 6.07) is 8.16. The zero-order chi connectivity index (χ0) is 11.5. The van der Waals surface area contributed by atoms with E-state index in [1.165, 1.54) is 6.07 Å². The molecular formula is C12H8Cl2FN. The van der Waals surface area contributed by atoms with Gasteiger partial charge in [0.2, 0.25) is 0 Å². The van der Waals surface area contributed by atoms with Crippen molar-refractivity contribution < 1.29 is 4.39 Å². The fourth-order valence-electron chi connectivity index (χ4n) is 1.41. The van der Waals surface area contributed by atoms with Crippen LogP contribution in [0.2, 0.25) is 5.02 Å². The first-order valence-corrected chi connectivity index (χ1v) is 5.59. The summed E-state index contributed by atoms with van der Waals surface area (Å²) in [5, 5.41) is 0.454. The van der Waals surface area contributed by atoms with Crippen LogP contribution in [0.1, 0.15) is 5.69 Å². The van der Waals surface area contributed by atoms with Gasteiger partial charge in [0.1, 0.15) is 5.82 Å². The van der Waals surface area contributed by atoms with Gasteiger partial charge in [-0.1, -0.05) is 29.8 Å². The summed E-state index contributed by atoms with van der Waals surface area (Å²) in [6.45, 7) is 0. The van der Waals surface area contributed by atoms with E-state index in [4.69, 9.17) is 23.2 Å². The van der Waals surface area contributed by atoms with E-state index in [0.717, 1.165) is 0 Å². The molecule has 0 aliphatic heterocycles. The van der Waals surface area contributed by atoms with Crippen LogP contribution in [0, 0.1) is 5.82 Å². The summed E-state index contributed by atoms with van der Waals surface area (Å²) in [6.07, 6.45) is 1.57. The van der Waals surface area contributed by atoms with Crippen LogP contribution in [0.5, 0.6) is 0 Å². The lowest BCUT2D eigenvalue weighted by Gasteiger charge is -2.05. The topological polar surface area (TPSA) is 12.9 Å². The molecule has 0 atom stereocenters. The number of rotatable bonds is 2. The second-order valence-electron chi connectivity index (χ2n) is 3.27. The summed E-state index contributed by atoms with van der Waals surface area (Å²) in [5.41, 5.74) is 1.73. The van der Waals surface area contributed by atoms with Crippen molar-refractivity contribution in [2.75, 3.05) is 0 Å². The van der Waals surface area contributed by atoms with Crippen LogP contribution in [-0.4, -0.2) is 4.98 Å². The molecule has 0 N–H and O–H groups in total. The van der Waals surface area contributed by atoms with Crippen LogP contribution in [0.25, 0.3) is 11.1 Å². The Labute approximate surface area is 103 Å². The molecule has 1 heterocycles. The highest BCUT2D eigenvalue weighted by atomic mass is 35.5. The highest BCUT2D eigenvalue weighted by Crippen LogP contribution is 2.26. The van der Waals surface area contributed by atoms with Crippen molar-refractivity contribution in [1.82, 2.24) is 4.98 Å². The molecule has 0 radical (unpaired) electrons. The summed E-state index contributed by atoms with van der Waals surface area (Å²) in [5.74, 6) is -0.0462. The van der Waals surface area contributed by atoms with Gasteiger partial charge >= 0.3 is 0 Å². The predicted octanol–water partition coefficient (Wildman–Crippen LogP) is 4.28. The van der Waals surface area contributed by atoms with Crippen molar-refractivity contribution in [3.63, 3.8) is 0 Å². The number of nitrogens with zero attached hydrogens (tertiary/aromatic N) is 1. The van der Waals surface area contributed by atoms with Crippen molar-refractivity contribution in [2.45, 2.75) is 5.88 Å². The Hall–Kier alpha value is -1.12. The van der Waals surface area contributed by atoms with Gasteiger partial charge < -0.3 is 0 Å². The van der Waals surface area contributed by atoms with Gasteiger partial charge in [-0.15, -0.1) is 11.6 Å². The molecule has 0 saturated heterocycles. The average molecular weight is 256 g/mol. The van der Waals surface area contributed by atoms with E-state index in [1.807, 2.05) is 0 Å². The molecule has 82 valence electrons. The maximum atomic E-state index is 13.5. The second-order valence-corrected chi connectivity index (χ2v) is 3.94. The molecule has 0 bridgehead atoms. The first kappa shape index (κ1) is 11.4. The number of benzene rings is 1. The van der Waals surface area contributed by atoms with Gasteiger partial charge in [0.05, 0.1) is 16.6 Å². The lowest BCUT2D eigenvalue weighted by atomic mass is 10.1. The Morgan fingerprint density at radius 1 is 1.25 bits per heavy atom. The number of alkyl halides is 1. The van der Waals surface area contributed by atoms with E-state index in [9.17, 15) is 4.39 Å². The molecular weight excluding hydrogens is 248 g/mol. The standard InChI is InChI=1S/C12H8Cl2FN/c13-6-12-10(14)5-8(7-16-12)9-3-1-2-4-11(9)15/h1-5,7H,6H2. The van der Waals surface area contributed by atoms with Gasteiger partial charge in [0.15, 0.2) is 0 Å². The van der Waals surface area contributed by atoms with Gasteiger partial charge in [-0.3, -0.25) is 4.98 Å². The van der Waals surface area contributed by atoms with E-state index < -0.39 is 0 Å². The van der Waals surface area contributed by atoms with E-state index in [-0.39, 0.29) is 11.7 Å². The predicted molar refractivity (Wildman–Crippen MR) is 64.2 cm³/mol. The Balaban J connectivity index is 2.50. The Kier molecular flexibility index (Phi) is 3.42. The van der Waals surface area contributed by atoms with Crippen LogP contribution >= 0.6 is 23.2 Å². The van der Waals surface area contributed by atoms with Crippen LogP contribution in [0.4, 0.5) is 4.39 Å². The highest BCUT2D eigenvalue weighted by Gasteiger charge is 2.07. The van der Waals surface area contributed by atoms with E-state index in [1.54, 1.807) is 30.5 Å². The fourth-order valence-corrected chi connectivity index (χ4v) is 1.92. The summed E-state index contributed by atoms with van der Waals surface area (Å²) < 4.78 is 13.5. The number of hydrogen-bond acceptors (Lipinski definition) is 1. The zero-order valence-corrected chi connectivity index (χ0v) is 9.76. The molecule has 4 heteroatoms. The number of hydrogen-bond donors (Lipinski definition) is 0. The van der Waals surface area contributed by atoms with Gasteiger partial charge in [-0.25, -0.2) is 4.39 Å². The maximum absolute atomic E-state index is 13.5. The van der Waals surface area contributed by atoms with E-state index >= 15 is 0 Å². The highest BCUT2D eigenvalue weighted by molar-refractivity contribution is 6.32. The van der Waals surface area contributed by atoms with E-state index in [0.29, 0.717) is 21.8 Å². The Morgan fingerprint density at radius 2 is 2.00 bits per heavy atom. The second kappa shape index (κ2) is 4.81. The van der Waals surface area contributed by atoms with Gasteiger partial charge in [-0.05, 0) is 12.1 Å². The maximum Gasteiger partial charge on any atom is 0.131 e. The average Bonchev–Trinajstić information content (AvgIpc) is 2.29. The molecule has 0 unspecified atom stereocenters. The normalized spacial score (nSPS) is 10.4. The van der Waals surface area contributed by atoms with Crippen molar-refractivity contribution >= 4 is 23.2 Å². The summed E-state index contributed by atoms with van der Waals surface area (Å²) in [4.78, 5) is 4.08. The van der Waals surface area contributed by atoms with Crippen LogP contribution in [-0.2, 0) is 5.88 Å². The van der Waals surface area contributed by atoms with Crippen LogP contribution < -0.4 is 0 Å². The molecule has 0 aliphatic carbocycles. The third kappa shape index (κ3) is 2.18. The molecule has 0 aliphatic rings. The zero-order valence-electron chi connectivity index (χ0n) is 8.25. The lowest BCUT2D eigenvalue weighted by Crippen LogP contribution is -1.90. The molecule has 0 spiro atoms. The minimum atomic E-state index is -0.293. The summed E-state index contributed by atoms with van der Waals surface area (Å²) >= 11 is 11.6. The molecule has 1 aromatic carbocycles. The molecule has 0 saturated carbocycles. The first-order chi connectivity index (χ1) is 7.72. The molecule has 2 aromatic rings. The van der Waals surface area contributed by atoms with Crippen molar-refractivity contribution in [1.29, 1.82) is 0 Å². The first-order valence-electron chi connectivity index (χ1n) is 4.67. The molecule has 16 heavy (non-hydrogen) atoms. The third-order valence-corrected chi connectivity index (χ3v) is 2.81. The largest absolute Gasteiger partial charge is 0.258 e. The molecule has 1 nitrogen and oxygen atoms in total. The van der Waals surface area contributed by atoms with Crippen molar-refractivity contribution in [2.24, 2.45) is 0 Å².